The van der Waals surface area contributed by atoms with Gasteiger partial charge in [0.05, 0.1) is 12.0 Å². The molecule has 5 rings (SSSR count). The molecule has 168 valence electrons. The lowest BCUT2D eigenvalue weighted by atomic mass is 9.77. The number of nitrogens with zero attached hydrogens (tertiary/aromatic N) is 3. The van der Waals surface area contributed by atoms with Crippen molar-refractivity contribution in [3.63, 3.8) is 0 Å². The fourth-order valence-corrected chi connectivity index (χ4v) is 5.85. The zero-order valence-corrected chi connectivity index (χ0v) is 19.2. The molecule has 0 spiro atoms. The van der Waals surface area contributed by atoms with Crippen molar-refractivity contribution in [2.24, 2.45) is 0 Å². The first kappa shape index (κ1) is 21.3. The van der Waals surface area contributed by atoms with Crippen LogP contribution >= 0.6 is 11.6 Å². The average Bonchev–Trinajstić information content (AvgIpc) is 3.17. The highest BCUT2D eigenvalue weighted by atomic mass is 35.5. The number of benzene rings is 2. The van der Waals surface area contributed by atoms with Gasteiger partial charge in [-0.2, -0.15) is 0 Å². The van der Waals surface area contributed by atoms with Crippen molar-refractivity contribution in [2.75, 3.05) is 31.1 Å². The van der Waals surface area contributed by atoms with Crippen LogP contribution in [0.15, 0.2) is 48.5 Å². The van der Waals surface area contributed by atoms with Crippen molar-refractivity contribution >= 4 is 29.1 Å². The van der Waals surface area contributed by atoms with E-state index in [4.69, 9.17) is 11.6 Å². The number of piperazine rings is 1. The van der Waals surface area contributed by atoms with Gasteiger partial charge in [0.2, 0.25) is 5.91 Å². The first-order valence-corrected chi connectivity index (χ1v) is 12.1. The molecule has 2 aromatic rings. The Hall–Kier alpha value is -2.53. The maximum atomic E-state index is 13.5. The lowest BCUT2D eigenvalue weighted by Gasteiger charge is -2.46. The van der Waals surface area contributed by atoms with Gasteiger partial charge in [0.15, 0.2) is 0 Å². The molecule has 1 aliphatic carbocycles. The second-order valence-electron chi connectivity index (χ2n) is 9.36. The van der Waals surface area contributed by atoms with Crippen molar-refractivity contribution in [3.8, 4) is 0 Å². The highest BCUT2D eigenvalue weighted by molar-refractivity contribution is 6.30. The topological polar surface area (TPSA) is 43.9 Å². The Bertz CT molecular complexity index is 1010. The summed E-state index contributed by atoms with van der Waals surface area (Å²) in [7, 11) is 0. The Morgan fingerprint density at radius 2 is 1.69 bits per heavy atom. The van der Waals surface area contributed by atoms with E-state index in [-0.39, 0.29) is 17.4 Å². The van der Waals surface area contributed by atoms with Crippen LogP contribution in [0.3, 0.4) is 0 Å². The van der Waals surface area contributed by atoms with Gasteiger partial charge in [0.25, 0.3) is 5.91 Å². The van der Waals surface area contributed by atoms with Crippen molar-refractivity contribution < 1.29 is 9.59 Å². The minimum Gasteiger partial charge on any atom is -0.368 e. The molecule has 0 atom stereocenters. The lowest BCUT2D eigenvalue weighted by molar-refractivity contribution is -0.135. The predicted molar refractivity (Wildman–Crippen MR) is 127 cm³/mol. The minimum atomic E-state index is -0.352. The zero-order chi connectivity index (χ0) is 22.1. The van der Waals surface area contributed by atoms with Crippen LogP contribution in [0.1, 0.15) is 54.4 Å². The maximum absolute atomic E-state index is 13.5. The number of rotatable bonds is 4. The van der Waals surface area contributed by atoms with Crippen molar-refractivity contribution in [3.05, 3.63) is 64.7 Å². The Morgan fingerprint density at radius 3 is 2.41 bits per heavy atom. The van der Waals surface area contributed by atoms with Gasteiger partial charge in [-0.05, 0) is 42.7 Å². The maximum Gasteiger partial charge on any atom is 0.254 e. The first-order chi connectivity index (χ1) is 15.6. The van der Waals surface area contributed by atoms with Crippen molar-refractivity contribution in [1.29, 1.82) is 0 Å². The number of carbonyl (C=O) groups is 2. The molecule has 2 amide bonds. The lowest BCUT2D eigenvalue weighted by Crippen LogP contribution is -2.55. The third-order valence-electron chi connectivity index (χ3n) is 7.46. The molecular formula is C26H30ClN3O2. The van der Waals surface area contributed by atoms with Crippen LogP contribution in [0.5, 0.6) is 0 Å². The van der Waals surface area contributed by atoms with Crippen LogP contribution in [0.2, 0.25) is 5.02 Å². The van der Waals surface area contributed by atoms with Gasteiger partial charge in [0.1, 0.15) is 0 Å². The summed E-state index contributed by atoms with van der Waals surface area (Å²) in [4.78, 5) is 33.0. The van der Waals surface area contributed by atoms with Crippen LogP contribution < -0.4 is 4.90 Å². The van der Waals surface area contributed by atoms with E-state index >= 15 is 0 Å². The summed E-state index contributed by atoms with van der Waals surface area (Å²) in [6.07, 6.45) is 5.61. The molecule has 0 N–H and O–H groups in total. The van der Waals surface area contributed by atoms with Gasteiger partial charge in [-0.3, -0.25) is 9.59 Å². The standard InChI is InChI=1S/C26H30ClN3O2/c27-21-8-6-9-22(17-21)28-13-15-29(16-14-28)24(31)18-26(11-4-1-5-12-26)30-19-20-7-2-3-10-23(20)25(30)32/h2-3,6-10,17H,1,4-5,11-16,18-19H2. The molecule has 5 nitrogen and oxygen atoms in total. The smallest absolute Gasteiger partial charge is 0.254 e. The quantitative estimate of drug-likeness (QED) is 0.674. The number of halogens is 1. The number of amides is 2. The van der Waals surface area contributed by atoms with Crippen molar-refractivity contribution in [2.45, 2.75) is 50.6 Å². The van der Waals surface area contributed by atoms with Gasteiger partial charge < -0.3 is 14.7 Å². The number of hydrogen-bond acceptors (Lipinski definition) is 3. The van der Waals surface area contributed by atoms with E-state index in [1.807, 2.05) is 52.3 Å². The Kier molecular flexibility index (Phi) is 5.85. The summed E-state index contributed by atoms with van der Waals surface area (Å²) >= 11 is 6.15. The van der Waals surface area contributed by atoms with E-state index in [0.29, 0.717) is 26.1 Å². The molecule has 0 aromatic heterocycles. The molecule has 0 radical (unpaired) electrons. The van der Waals surface area contributed by atoms with Gasteiger partial charge in [-0.15, -0.1) is 0 Å². The molecule has 0 unspecified atom stereocenters. The van der Waals surface area contributed by atoms with E-state index in [0.717, 1.165) is 60.6 Å². The third-order valence-corrected chi connectivity index (χ3v) is 7.70. The molecule has 6 heteroatoms. The van der Waals surface area contributed by atoms with E-state index in [1.54, 1.807) is 0 Å². The highest BCUT2D eigenvalue weighted by Crippen LogP contribution is 2.41. The number of fused-ring (bicyclic) bond motifs is 1. The molecule has 2 aliphatic heterocycles. The molecular weight excluding hydrogens is 422 g/mol. The van der Waals surface area contributed by atoms with E-state index < -0.39 is 0 Å². The highest BCUT2D eigenvalue weighted by Gasteiger charge is 2.46. The monoisotopic (exact) mass is 451 g/mol. The Balaban J connectivity index is 1.28. The zero-order valence-electron chi connectivity index (χ0n) is 18.4. The second-order valence-corrected chi connectivity index (χ2v) is 9.79. The van der Waals surface area contributed by atoms with Crippen LogP contribution in [0.25, 0.3) is 0 Å². The van der Waals surface area contributed by atoms with Gasteiger partial charge in [0, 0.05) is 49.0 Å². The molecule has 2 heterocycles. The predicted octanol–water partition coefficient (Wildman–Crippen LogP) is 4.74. The fraction of sp³-hybridized carbons (Fsp3) is 0.462. The largest absolute Gasteiger partial charge is 0.368 e. The number of hydrogen-bond donors (Lipinski definition) is 0. The molecule has 1 saturated heterocycles. The van der Waals surface area contributed by atoms with E-state index in [9.17, 15) is 9.59 Å². The second kappa shape index (κ2) is 8.78. The molecule has 1 saturated carbocycles. The number of anilines is 1. The van der Waals surface area contributed by atoms with Gasteiger partial charge >= 0.3 is 0 Å². The van der Waals surface area contributed by atoms with Crippen molar-refractivity contribution in [1.82, 2.24) is 9.80 Å². The Labute approximate surface area is 194 Å². The summed E-state index contributed by atoms with van der Waals surface area (Å²) < 4.78 is 0. The van der Waals surface area contributed by atoms with E-state index in [1.165, 1.54) is 6.42 Å². The molecule has 2 aromatic carbocycles. The summed E-state index contributed by atoms with van der Waals surface area (Å²) in [5, 5.41) is 0.733. The average molecular weight is 452 g/mol. The summed E-state index contributed by atoms with van der Waals surface area (Å²) in [5.74, 6) is 0.280. The molecule has 3 aliphatic rings. The van der Waals surface area contributed by atoms with Crippen LogP contribution in [0, 0.1) is 0 Å². The molecule has 2 fully saturated rings. The summed E-state index contributed by atoms with van der Waals surface area (Å²) in [6.45, 7) is 3.64. The fourth-order valence-electron chi connectivity index (χ4n) is 5.67. The summed E-state index contributed by atoms with van der Waals surface area (Å²) in [5.41, 5.74) is 2.65. The minimum absolute atomic E-state index is 0.0982. The van der Waals surface area contributed by atoms with Crippen LogP contribution in [-0.2, 0) is 11.3 Å². The molecule has 0 bridgehead atoms. The molecule has 32 heavy (non-hydrogen) atoms. The van der Waals surface area contributed by atoms with E-state index in [2.05, 4.69) is 11.0 Å². The Morgan fingerprint density at radius 1 is 0.938 bits per heavy atom. The number of carbonyl (C=O) groups excluding carboxylic acids is 2. The first-order valence-electron chi connectivity index (χ1n) is 11.7. The van der Waals surface area contributed by atoms with Crippen LogP contribution in [0.4, 0.5) is 5.69 Å². The van der Waals surface area contributed by atoms with Gasteiger partial charge in [-0.1, -0.05) is 55.1 Å². The van der Waals surface area contributed by atoms with Gasteiger partial charge in [-0.25, -0.2) is 0 Å². The SMILES string of the molecule is O=C(CC1(N2Cc3ccccc3C2=O)CCCCC1)N1CCN(c2cccc(Cl)c2)CC1. The third kappa shape index (κ3) is 3.99. The summed E-state index contributed by atoms with van der Waals surface area (Å²) in [6, 6.07) is 15.8. The van der Waals surface area contributed by atoms with Crippen LogP contribution in [-0.4, -0.2) is 53.3 Å². The normalized spacial score (nSPS) is 20.4.